The van der Waals surface area contributed by atoms with E-state index in [2.05, 4.69) is 15.4 Å². The van der Waals surface area contributed by atoms with Gasteiger partial charge in [0.05, 0.1) is 11.4 Å². The van der Waals surface area contributed by atoms with Gasteiger partial charge in [-0.3, -0.25) is 24.6 Å². The number of amides is 2. The molecular formula is C29H22ClN5O3. The van der Waals surface area contributed by atoms with Crippen LogP contribution in [0.4, 0.5) is 5.69 Å². The zero-order valence-electron chi connectivity index (χ0n) is 20.2. The van der Waals surface area contributed by atoms with Crippen LogP contribution in [0, 0.1) is 6.92 Å². The first-order valence-corrected chi connectivity index (χ1v) is 12.4. The number of nitrogens with zero attached hydrogens (tertiary/aromatic N) is 4. The number of nitrogens with one attached hydrogen (secondary N) is 1. The molecule has 8 nitrogen and oxygen atoms in total. The molecule has 1 saturated heterocycles. The highest BCUT2D eigenvalue weighted by molar-refractivity contribution is 6.33. The van der Waals surface area contributed by atoms with Gasteiger partial charge in [-0.05, 0) is 48.9 Å². The molecular weight excluding hydrogens is 502 g/mol. The fourth-order valence-corrected chi connectivity index (χ4v) is 5.10. The Kier molecular flexibility index (Phi) is 5.81. The molecule has 4 aromatic rings. The molecule has 2 atom stereocenters. The Morgan fingerprint density at radius 2 is 1.74 bits per heavy atom. The molecule has 2 aliphatic rings. The SMILES string of the molecule is Cc1nc(/C=C2\C=Nc3ccccc32)c(O)n1-c1ccc(C(=O)NN2C(=O)C(Cl)C2c2ccccc2)cc1. The maximum Gasteiger partial charge on any atom is 0.269 e. The van der Waals surface area contributed by atoms with Crippen LogP contribution in [0.15, 0.2) is 83.9 Å². The Morgan fingerprint density at radius 3 is 2.50 bits per heavy atom. The number of halogens is 1. The second-order valence-corrected chi connectivity index (χ2v) is 9.50. The van der Waals surface area contributed by atoms with Crippen LogP contribution < -0.4 is 5.43 Å². The molecule has 9 heteroatoms. The number of aryl methyl sites for hydroxylation is 1. The summed E-state index contributed by atoms with van der Waals surface area (Å²) < 4.78 is 1.61. The zero-order valence-corrected chi connectivity index (χ0v) is 21.0. The fourth-order valence-electron chi connectivity index (χ4n) is 4.73. The van der Waals surface area contributed by atoms with Crippen LogP contribution in [0.5, 0.6) is 5.88 Å². The molecule has 3 heterocycles. The number of aromatic nitrogens is 2. The summed E-state index contributed by atoms with van der Waals surface area (Å²) in [5.41, 5.74) is 7.63. The Labute approximate surface area is 223 Å². The van der Waals surface area contributed by atoms with Crippen LogP contribution in [0.2, 0.25) is 0 Å². The smallest absolute Gasteiger partial charge is 0.269 e. The fraction of sp³-hybridized carbons (Fsp3) is 0.103. The van der Waals surface area contributed by atoms with Crippen molar-refractivity contribution in [3.63, 3.8) is 0 Å². The number of hydrogen-bond donors (Lipinski definition) is 2. The number of allylic oxidation sites excluding steroid dienone is 1. The molecule has 38 heavy (non-hydrogen) atoms. The van der Waals surface area contributed by atoms with Gasteiger partial charge in [-0.1, -0.05) is 48.5 Å². The predicted octanol–water partition coefficient (Wildman–Crippen LogP) is 4.98. The quantitative estimate of drug-likeness (QED) is 0.285. The van der Waals surface area contributed by atoms with Gasteiger partial charge in [0, 0.05) is 22.9 Å². The lowest BCUT2D eigenvalue weighted by molar-refractivity contribution is -0.149. The minimum atomic E-state index is -0.736. The average Bonchev–Trinajstić information content (AvgIpc) is 3.48. The van der Waals surface area contributed by atoms with Crippen molar-refractivity contribution in [2.24, 2.45) is 4.99 Å². The van der Waals surface area contributed by atoms with E-state index < -0.39 is 17.3 Å². The van der Waals surface area contributed by atoms with Crippen LogP contribution in [0.25, 0.3) is 17.3 Å². The van der Waals surface area contributed by atoms with E-state index in [1.807, 2.05) is 54.6 Å². The topological polar surface area (TPSA) is 99.8 Å². The first-order chi connectivity index (χ1) is 18.4. The summed E-state index contributed by atoms with van der Waals surface area (Å²) in [6, 6.07) is 23.3. The number of fused-ring (bicyclic) bond motifs is 1. The number of β-lactam (4-membered cyclic amide) rings is 1. The molecule has 2 amide bonds. The summed E-state index contributed by atoms with van der Waals surface area (Å²) in [6.45, 7) is 1.79. The number of rotatable bonds is 5. The van der Waals surface area contributed by atoms with Crippen LogP contribution in [0.1, 0.15) is 39.0 Å². The van der Waals surface area contributed by atoms with Crippen molar-refractivity contribution in [2.45, 2.75) is 18.3 Å². The van der Waals surface area contributed by atoms with Crippen molar-refractivity contribution in [1.29, 1.82) is 0 Å². The summed E-state index contributed by atoms with van der Waals surface area (Å²) in [5, 5.41) is 11.5. The van der Waals surface area contributed by atoms with E-state index in [1.165, 1.54) is 5.01 Å². The second kappa shape index (κ2) is 9.32. The zero-order chi connectivity index (χ0) is 26.4. The molecule has 0 spiro atoms. The van der Waals surface area contributed by atoms with Gasteiger partial charge < -0.3 is 5.11 Å². The maximum absolute atomic E-state index is 12.9. The van der Waals surface area contributed by atoms with E-state index in [1.54, 1.807) is 48.0 Å². The van der Waals surface area contributed by atoms with E-state index >= 15 is 0 Å². The van der Waals surface area contributed by atoms with Gasteiger partial charge in [0.2, 0.25) is 5.88 Å². The van der Waals surface area contributed by atoms with Gasteiger partial charge in [-0.2, -0.15) is 0 Å². The third-order valence-corrected chi connectivity index (χ3v) is 7.10. The predicted molar refractivity (Wildman–Crippen MR) is 146 cm³/mol. The number of para-hydroxylation sites is 1. The molecule has 2 N–H and O–H groups in total. The third kappa shape index (κ3) is 3.95. The number of benzene rings is 3. The summed E-state index contributed by atoms with van der Waals surface area (Å²) in [6.07, 6.45) is 3.55. The van der Waals surface area contributed by atoms with E-state index in [9.17, 15) is 14.7 Å². The van der Waals surface area contributed by atoms with Crippen molar-refractivity contribution in [3.05, 3.63) is 107 Å². The standard InChI is InChI=1S/C29H22ClN5O3/c1-17-32-24(15-20-16-31-23-10-6-5-9-22(20)23)28(37)34(17)21-13-11-19(12-14-21)27(36)33-35-26(25(30)29(35)38)18-7-3-2-4-8-18/h2-16,25-26,37H,1H3,(H,33,36)/b20-15+. The highest BCUT2D eigenvalue weighted by Crippen LogP contribution is 2.37. The van der Waals surface area contributed by atoms with Crippen LogP contribution in [-0.4, -0.2) is 43.1 Å². The number of imidazole rings is 1. The van der Waals surface area contributed by atoms with Gasteiger partial charge in [0.1, 0.15) is 22.9 Å². The first-order valence-electron chi connectivity index (χ1n) is 12.0. The number of carbonyl (C=O) groups is 2. The Morgan fingerprint density at radius 1 is 1.03 bits per heavy atom. The molecule has 1 aromatic heterocycles. The number of hydrogen-bond acceptors (Lipinski definition) is 5. The molecule has 1 fully saturated rings. The molecule has 6 rings (SSSR count). The Hall–Kier alpha value is -4.69. The van der Waals surface area contributed by atoms with Crippen molar-refractivity contribution in [3.8, 4) is 11.6 Å². The number of aliphatic imine (C=N–C) groups is 1. The van der Waals surface area contributed by atoms with Crippen LogP contribution in [0.3, 0.4) is 0 Å². The summed E-state index contributed by atoms with van der Waals surface area (Å²) in [5.74, 6) is -0.235. The van der Waals surface area contributed by atoms with Crippen molar-refractivity contribution >= 4 is 47.0 Å². The van der Waals surface area contributed by atoms with Crippen molar-refractivity contribution in [1.82, 2.24) is 20.0 Å². The summed E-state index contributed by atoms with van der Waals surface area (Å²) in [7, 11) is 0. The lowest BCUT2D eigenvalue weighted by Gasteiger charge is -2.43. The highest BCUT2D eigenvalue weighted by Gasteiger charge is 2.48. The van der Waals surface area contributed by atoms with Crippen molar-refractivity contribution in [2.75, 3.05) is 0 Å². The number of hydrazine groups is 1. The number of alkyl halides is 1. The molecule has 2 unspecified atom stereocenters. The monoisotopic (exact) mass is 523 g/mol. The van der Waals surface area contributed by atoms with Gasteiger partial charge in [-0.15, -0.1) is 11.6 Å². The van der Waals surface area contributed by atoms with Crippen molar-refractivity contribution < 1.29 is 14.7 Å². The molecule has 2 aliphatic heterocycles. The Bertz CT molecular complexity index is 1630. The van der Waals surface area contributed by atoms with Crippen LogP contribution >= 0.6 is 11.6 Å². The normalized spacial score (nSPS) is 18.9. The third-order valence-electron chi connectivity index (χ3n) is 6.68. The van der Waals surface area contributed by atoms with E-state index in [4.69, 9.17) is 11.6 Å². The highest BCUT2D eigenvalue weighted by atomic mass is 35.5. The van der Waals surface area contributed by atoms with Gasteiger partial charge in [0.25, 0.3) is 11.8 Å². The number of carbonyl (C=O) groups excluding carboxylic acids is 2. The number of aromatic hydroxyl groups is 1. The molecule has 188 valence electrons. The Balaban J connectivity index is 1.21. The lowest BCUT2D eigenvalue weighted by Crippen LogP contribution is -2.63. The minimum absolute atomic E-state index is 0.0185. The van der Waals surface area contributed by atoms with E-state index in [0.717, 1.165) is 22.4 Å². The second-order valence-electron chi connectivity index (χ2n) is 9.03. The minimum Gasteiger partial charge on any atom is -0.493 e. The first kappa shape index (κ1) is 23.7. The van der Waals surface area contributed by atoms with Crippen LogP contribution in [-0.2, 0) is 4.79 Å². The molecule has 0 radical (unpaired) electrons. The largest absolute Gasteiger partial charge is 0.493 e. The van der Waals surface area contributed by atoms with E-state index in [-0.39, 0.29) is 11.8 Å². The summed E-state index contributed by atoms with van der Waals surface area (Å²) in [4.78, 5) is 34.2. The lowest BCUT2D eigenvalue weighted by atomic mass is 9.95. The van der Waals surface area contributed by atoms with E-state index in [0.29, 0.717) is 22.8 Å². The van der Waals surface area contributed by atoms with Gasteiger partial charge in [0.15, 0.2) is 0 Å². The van der Waals surface area contributed by atoms with Gasteiger partial charge >= 0.3 is 0 Å². The summed E-state index contributed by atoms with van der Waals surface area (Å²) >= 11 is 6.24. The molecule has 0 bridgehead atoms. The molecule has 0 aliphatic carbocycles. The van der Waals surface area contributed by atoms with Gasteiger partial charge in [-0.25, -0.2) is 9.99 Å². The average molecular weight is 524 g/mol. The molecule has 0 saturated carbocycles. The molecule has 3 aromatic carbocycles. The maximum atomic E-state index is 12.9.